The molecule has 0 bridgehead atoms. The van der Waals surface area contributed by atoms with Crippen LogP contribution in [-0.2, 0) is 52.7 Å². The number of aliphatic carboxylic acids is 1. The number of halogens is 1. The molecule has 462 valence electrons. The van der Waals surface area contributed by atoms with Crippen molar-refractivity contribution in [2.75, 3.05) is 39.3 Å². The number of carboxylic acids is 1. The number of ether oxygens (including phenoxy) is 4. The smallest absolute Gasteiger partial charge is 0.353 e. The normalized spacial score (nSPS) is 14.4. The van der Waals surface area contributed by atoms with Crippen LogP contribution < -0.4 is 45.5 Å². The predicted molar refractivity (Wildman–Crippen MR) is 302 cm³/mol. The molecule has 86 heavy (non-hydrogen) atoms. The summed E-state index contributed by atoms with van der Waals surface area (Å²) in [5.74, 6) is -10.1. The maximum Gasteiger partial charge on any atom is 0.353 e. The van der Waals surface area contributed by atoms with Gasteiger partial charge in [-0.2, -0.15) is 0 Å². The lowest BCUT2D eigenvalue weighted by Gasteiger charge is -2.49. The first-order valence-corrected chi connectivity index (χ1v) is 28.0. The molecule has 1 unspecified atom stereocenters. The van der Waals surface area contributed by atoms with Crippen molar-refractivity contribution in [2.45, 2.75) is 123 Å². The number of carbonyl (C=O) groups is 13. The van der Waals surface area contributed by atoms with Crippen LogP contribution in [0.15, 0.2) is 77.5 Å². The quantitative estimate of drug-likeness (QED) is 0.0117. The summed E-state index contributed by atoms with van der Waals surface area (Å²) >= 11 is 6.08. The van der Waals surface area contributed by atoms with Crippen molar-refractivity contribution in [3.05, 3.63) is 94.1 Å². The van der Waals surface area contributed by atoms with Crippen LogP contribution in [0.3, 0.4) is 0 Å². The molecular formula is C58H69ClN8O19. The number of para-hydroxylation sites is 2. The number of carboxylic acid groups (broad SMARTS) is 1. The third kappa shape index (κ3) is 20.2. The first kappa shape index (κ1) is 67.5. The maximum absolute atomic E-state index is 13.6. The van der Waals surface area contributed by atoms with Gasteiger partial charge in [0.2, 0.25) is 29.5 Å². The van der Waals surface area contributed by atoms with Gasteiger partial charge in [0.15, 0.2) is 23.0 Å². The Morgan fingerprint density at radius 1 is 0.605 bits per heavy atom. The zero-order valence-electron chi connectivity index (χ0n) is 47.9. The van der Waals surface area contributed by atoms with Crippen LogP contribution in [0.1, 0.15) is 137 Å². The van der Waals surface area contributed by atoms with Gasteiger partial charge in [0.1, 0.15) is 17.8 Å². The van der Waals surface area contributed by atoms with Gasteiger partial charge in [-0.1, -0.05) is 54.1 Å². The molecular weight excluding hydrogens is 1150 g/mol. The van der Waals surface area contributed by atoms with Crippen molar-refractivity contribution in [3.8, 4) is 23.0 Å². The number of β-lactam (4-membered cyclic amide) rings is 1. The van der Waals surface area contributed by atoms with Gasteiger partial charge in [-0.05, 0) is 81.2 Å². The van der Waals surface area contributed by atoms with Gasteiger partial charge in [-0.3, -0.25) is 67.6 Å². The summed E-state index contributed by atoms with van der Waals surface area (Å²) in [6.07, 6.45) is 1.49. The summed E-state index contributed by atoms with van der Waals surface area (Å²) in [5, 5.41) is 33.9. The Morgan fingerprint density at radius 2 is 1.12 bits per heavy atom. The molecule has 1 fully saturated rings. The van der Waals surface area contributed by atoms with E-state index in [4.69, 9.17) is 30.5 Å². The molecule has 2 heterocycles. The number of nitrogens with zero attached hydrogens (tertiary/aromatic N) is 3. The van der Waals surface area contributed by atoms with E-state index in [1.165, 1.54) is 41.3 Å². The Labute approximate surface area is 499 Å². The molecule has 2 aliphatic rings. The molecule has 0 saturated carbocycles. The lowest BCUT2D eigenvalue weighted by molar-refractivity contribution is -0.166. The van der Waals surface area contributed by atoms with Crippen LogP contribution >= 0.6 is 11.6 Å². The van der Waals surface area contributed by atoms with Crippen molar-refractivity contribution in [1.82, 2.24) is 41.4 Å². The van der Waals surface area contributed by atoms with Gasteiger partial charge in [0.25, 0.3) is 17.7 Å². The number of fused-ring (bicyclic) bond motifs is 1. The fourth-order valence-electron chi connectivity index (χ4n) is 9.18. The first-order chi connectivity index (χ1) is 41.0. The van der Waals surface area contributed by atoms with E-state index in [2.05, 4.69) is 26.6 Å². The van der Waals surface area contributed by atoms with Gasteiger partial charge in [-0.15, -0.1) is 0 Å². The lowest BCUT2D eigenvalue weighted by Crippen LogP contribution is -2.72. The van der Waals surface area contributed by atoms with Gasteiger partial charge in [-0.25, -0.2) is 9.86 Å². The molecule has 7 N–H and O–H groups in total. The highest BCUT2D eigenvalue weighted by molar-refractivity contribution is 6.32. The molecule has 5 rings (SSSR count). The molecule has 0 spiro atoms. The molecule has 0 aromatic heterocycles. The highest BCUT2D eigenvalue weighted by atomic mass is 35.5. The Balaban J connectivity index is 1.06. The van der Waals surface area contributed by atoms with E-state index in [-0.39, 0.29) is 116 Å². The zero-order chi connectivity index (χ0) is 63.0. The molecule has 2 aliphatic heterocycles. The van der Waals surface area contributed by atoms with Gasteiger partial charge in [0, 0.05) is 97.7 Å². The standard InChI is InChI=1S/C58H69ClN8O19/c1-34(68)83-43-20-13-18-39(52(43)85-36(3)70)54(76)61-29-10-12-31-65(32-15-30-62-55(77)40-19-14-21-44(84-35(2)69)53(40)86-37(4)71)47(74)26-24-45(72)60-28-9-6-11-33-66(82)48(75)27-25-46(73)63-49(38-16-7-5-8-17-38)56(78)64-50-42-23-22-41(59)51(58(80)81)67(42)57(50)79/h5,7-8,13-14,16-21,42,49-50,82H,6,9-12,15,22-33H2,1-4H3,(H,60,72)(H,61,76)(H,62,77)(H,63,73)(H,64,78)(H,80,81)/t42?,49-,50+/m1/s1. The van der Waals surface area contributed by atoms with Crippen LogP contribution in [-0.4, -0.2) is 154 Å². The van der Waals surface area contributed by atoms with Crippen LogP contribution in [0.4, 0.5) is 0 Å². The summed E-state index contributed by atoms with van der Waals surface area (Å²) < 4.78 is 20.6. The minimum absolute atomic E-state index is 0.0243. The SMILES string of the molecule is CC(=O)Oc1cccc(C(=O)NCCCCN(CCCNC(=O)c2cccc(OC(C)=O)c2OC(C)=O)C(=O)CCC(=O)NCCCCCN(O)C(=O)CCC(=O)N[C@@H](C(=O)N[C@@H]2C(=O)N3C(C(=O)O)=C(Cl)CCC23)c2ccccc2)c1OC(C)=O. The number of rotatable bonds is 32. The molecule has 28 heteroatoms. The Bertz CT molecular complexity index is 3080. The fourth-order valence-corrected chi connectivity index (χ4v) is 9.46. The summed E-state index contributed by atoms with van der Waals surface area (Å²) in [7, 11) is 0. The van der Waals surface area contributed by atoms with Crippen LogP contribution in [0.5, 0.6) is 23.0 Å². The summed E-state index contributed by atoms with van der Waals surface area (Å²) in [4.78, 5) is 167. The van der Waals surface area contributed by atoms with E-state index in [0.29, 0.717) is 49.2 Å². The number of amides is 8. The molecule has 0 aliphatic carbocycles. The Kier molecular flexibility index (Phi) is 26.2. The topological polar surface area (TPSA) is 369 Å². The van der Waals surface area contributed by atoms with Crippen LogP contribution in [0.25, 0.3) is 0 Å². The van der Waals surface area contributed by atoms with E-state index < -0.39 is 102 Å². The molecule has 0 radical (unpaired) electrons. The predicted octanol–water partition coefficient (Wildman–Crippen LogP) is 3.49. The van der Waals surface area contributed by atoms with Crippen LogP contribution in [0.2, 0.25) is 0 Å². The number of hydroxylamine groups is 2. The number of unbranched alkanes of at least 4 members (excludes halogenated alkanes) is 3. The number of nitrogens with one attached hydrogen (secondary N) is 5. The van der Waals surface area contributed by atoms with Crippen molar-refractivity contribution in [3.63, 3.8) is 0 Å². The van der Waals surface area contributed by atoms with E-state index in [9.17, 15) is 72.6 Å². The first-order valence-electron chi connectivity index (χ1n) is 27.7. The highest BCUT2D eigenvalue weighted by Gasteiger charge is 2.53. The van der Waals surface area contributed by atoms with E-state index in [1.807, 2.05) is 0 Å². The zero-order valence-corrected chi connectivity index (χ0v) is 48.6. The molecule has 3 aromatic carbocycles. The second-order valence-electron chi connectivity index (χ2n) is 19.8. The number of hydrogen-bond acceptors (Lipinski definition) is 18. The Morgan fingerprint density at radius 3 is 1.69 bits per heavy atom. The number of esters is 4. The lowest BCUT2D eigenvalue weighted by atomic mass is 9.86. The van der Waals surface area contributed by atoms with Gasteiger partial charge < -0.3 is 55.5 Å². The number of benzene rings is 3. The van der Waals surface area contributed by atoms with Crippen LogP contribution in [0, 0.1) is 0 Å². The van der Waals surface area contributed by atoms with E-state index in [0.717, 1.165) is 32.6 Å². The van der Waals surface area contributed by atoms with Gasteiger partial charge in [0.05, 0.1) is 17.2 Å². The average Bonchev–Trinajstić information content (AvgIpc) is 1.79. The third-order valence-electron chi connectivity index (χ3n) is 13.2. The summed E-state index contributed by atoms with van der Waals surface area (Å²) in [6.45, 7) is 5.08. The molecule has 27 nitrogen and oxygen atoms in total. The molecule has 3 aromatic rings. The van der Waals surface area contributed by atoms with Crippen molar-refractivity contribution >= 4 is 88.7 Å². The number of hydrogen-bond donors (Lipinski definition) is 7. The van der Waals surface area contributed by atoms with Crippen molar-refractivity contribution in [1.29, 1.82) is 0 Å². The average molecular weight is 1220 g/mol. The molecule has 1 saturated heterocycles. The van der Waals surface area contributed by atoms with E-state index in [1.54, 1.807) is 30.3 Å². The fraction of sp³-hybridized carbons (Fsp3) is 0.431. The summed E-state index contributed by atoms with van der Waals surface area (Å²) in [5.41, 5.74) is -0.122. The van der Waals surface area contributed by atoms with Gasteiger partial charge >= 0.3 is 29.8 Å². The van der Waals surface area contributed by atoms with Crippen molar-refractivity contribution < 1.29 is 91.6 Å². The third-order valence-corrected chi connectivity index (χ3v) is 13.6. The maximum atomic E-state index is 13.6. The largest absolute Gasteiger partial charge is 0.477 e. The van der Waals surface area contributed by atoms with E-state index >= 15 is 0 Å². The monoisotopic (exact) mass is 1220 g/mol. The second kappa shape index (κ2) is 33.3. The number of allylic oxidation sites excluding steroid dienone is 1. The minimum atomic E-state index is -1.37. The van der Waals surface area contributed by atoms with Crippen molar-refractivity contribution in [2.24, 2.45) is 0 Å². The Hall–Kier alpha value is -9.24. The summed E-state index contributed by atoms with van der Waals surface area (Å²) in [6, 6.07) is 13.5. The second-order valence-corrected chi connectivity index (χ2v) is 20.2. The number of carbonyl (C=O) groups excluding carboxylic acids is 12. The minimum Gasteiger partial charge on any atom is -0.477 e. The molecule has 8 amide bonds. The molecule has 3 atom stereocenters. The highest BCUT2D eigenvalue weighted by Crippen LogP contribution is 2.39.